The first-order valence-electron chi connectivity index (χ1n) is 7.88. The molecule has 1 aliphatic heterocycles. The summed E-state index contributed by atoms with van der Waals surface area (Å²) in [4.78, 5) is 6.26. The molecule has 8 nitrogen and oxygen atoms in total. The van der Waals surface area contributed by atoms with Crippen LogP contribution in [0.3, 0.4) is 0 Å². The summed E-state index contributed by atoms with van der Waals surface area (Å²) in [6, 6.07) is 3.20. The smallest absolute Gasteiger partial charge is 0.244 e. The van der Waals surface area contributed by atoms with E-state index in [1.165, 1.54) is 10.5 Å². The molecule has 0 bridgehead atoms. The Hall–Kier alpha value is -1.88. The summed E-state index contributed by atoms with van der Waals surface area (Å²) in [5.74, 6) is 0. The van der Waals surface area contributed by atoms with Gasteiger partial charge >= 0.3 is 0 Å². The van der Waals surface area contributed by atoms with Crippen LogP contribution in [0.4, 0.5) is 0 Å². The molecule has 1 saturated heterocycles. The molecule has 0 amide bonds. The standard InChI is InChI=1S/C15H20N6O2S2/c1-2-6-19-12-17-21(15(19)24)13-18-7-9-20(10-8-18)25(22,23)14-4-3-5-16-11-14/h2-5,11-12H,1,6-10,13H2. The average Bonchev–Trinajstić information content (AvgIpc) is 2.97. The van der Waals surface area contributed by atoms with Crippen molar-refractivity contribution in [1.29, 1.82) is 0 Å². The summed E-state index contributed by atoms with van der Waals surface area (Å²) in [5.41, 5.74) is 0. The molecular weight excluding hydrogens is 360 g/mol. The van der Waals surface area contributed by atoms with Gasteiger partial charge in [0, 0.05) is 45.1 Å². The molecule has 3 rings (SSSR count). The van der Waals surface area contributed by atoms with Crippen LogP contribution in [0.2, 0.25) is 0 Å². The van der Waals surface area contributed by atoms with E-state index in [-0.39, 0.29) is 4.90 Å². The molecular formula is C15H20N6O2S2. The van der Waals surface area contributed by atoms with Gasteiger partial charge < -0.3 is 4.57 Å². The van der Waals surface area contributed by atoms with Crippen molar-refractivity contribution < 1.29 is 8.42 Å². The van der Waals surface area contributed by atoms with Gasteiger partial charge in [0.25, 0.3) is 0 Å². The topological polar surface area (TPSA) is 76.3 Å². The molecule has 10 heteroatoms. The summed E-state index contributed by atoms with van der Waals surface area (Å²) in [6.07, 6.45) is 6.40. The molecule has 0 N–H and O–H groups in total. The molecule has 1 fully saturated rings. The lowest BCUT2D eigenvalue weighted by Gasteiger charge is -2.33. The third kappa shape index (κ3) is 3.87. The maximum atomic E-state index is 12.6. The van der Waals surface area contributed by atoms with Crippen LogP contribution in [0, 0.1) is 4.77 Å². The predicted octanol–water partition coefficient (Wildman–Crippen LogP) is 0.959. The van der Waals surface area contributed by atoms with E-state index in [0.29, 0.717) is 44.2 Å². The van der Waals surface area contributed by atoms with Gasteiger partial charge in [0.15, 0.2) is 4.77 Å². The summed E-state index contributed by atoms with van der Waals surface area (Å²) >= 11 is 5.38. The van der Waals surface area contributed by atoms with Crippen molar-refractivity contribution in [3.63, 3.8) is 0 Å². The SMILES string of the molecule is C=CCn1cnn(CN2CCN(S(=O)(=O)c3cccnc3)CC2)c1=S. The highest BCUT2D eigenvalue weighted by molar-refractivity contribution is 7.89. The molecule has 25 heavy (non-hydrogen) atoms. The zero-order valence-electron chi connectivity index (χ0n) is 13.7. The lowest BCUT2D eigenvalue weighted by Crippen LogP contribution is -2.48. The summed E-state index contributed by atoms with van der Waals surface area (Å²) < 4.78 is 30.9. The van der Waals surface area contributed by atoms with Crippen LogP contribution in [0.25, 0.3) is 0 Å². The van der Waals surface area contributed by atoms with Crippen molar-refractivity contribution in [3.8, 4) is 0 Å². The van der Waals surface area contributed by atoms with Crippen molar-refractivity contribution in [2.75, 3.05) is 26.2 Å². The normalized spacial score (nSPS) is 16.8. The number of aromatic nitrogens is 4. The Morgan fingerprint density at radius 1 is 1.28 bits per heavy atom. The van der Waals surface area contributed by atoms with Crippen LogP contribution in [-0.2, 0) is 23.2 Å². The number of allylic oxidation sites excluding steroid dienone is 1. The zero-order chi connectivity index (χ0) is 17.9. The van der Waals surface area contributed by atoms with Crippen LogP contribution in [0.5, 0.6) is 0 Å². The Bertz CT molecular complexity index is 882. The van der Waals surface area contributed by atoms with E-state index in [0.717, 1.165) is 0 Å². The lowest BCUT2D eigenvalue weighted by atomic mass is 10.4. The van der Waals surface area contributed by atoms with Crippen LogP contribution in [0.1, 0.15) is 0 Å². The average molecular weight is 380 g/mol. The van der Waals surface area contributed by atoms with Crippen molar-refractivity contribution in [1.82, 2.24) is 28.5 Å². The molecule has 0 radical (unpaired) electrons. The number of rotatable bonds is 6. The van der Waals surface area contributed by atoms with E-state index < -0.39 is 10.0 Å². The van der Waals surface area contributed by atoms with Crippen LogP contribution >= 0.6 is 12.2 Å². The minimum Gasteiger partial charge on any atom is -0.303 e. The fraction of sp³-hybridized carbons (Fsp3) is 0.400. The second-order valence-electron chi connectivity index (χ2n) is 5.71. The molecule has 0 aliphatic carbocycles. The predicted molar refractivity (Wildman–Crippen MR) is 95.8 cm³/mol. The van der Waals surface area contributed by atoms with Crippen molar-refractivity contribution in [2.24, 2.45) is 0 Å². The fourth-order valence-corrected chi connectivity index (χ4v) is 4.30. The summed E-state index contributed by atoms with van der Waals surface area (Å²) in [6.45, 7) is 6.96. The largest absolute Gasteiger partial charge is 0.303 e. The fourth-order valence-electron chi connectivity index (χ4n) is 2.68. The van der Waals surface area contributed by atoms with E-state index in [1.807, 2.05) is 4.57 Å². The van der Waals surface area contributed by atoms with E-state index in [2.05, 4.69) is 21.6 Å². The van der Waals surface area contributed by atoms with Gasteiger partial charge in [-0.2, -0.15) is 9.40 Å². The molecule has 0 atom stereocenters. The molecule has 2 aromatic rings. The van der Waals surface area contributed by atoms with E-state index in [9.17, 15) is 8.42 Å². The summed E-state index contributed by atoms with van der Waals surface area (Å²) in [7, 11) is -3.48. The van der Waals surface area contributed by atoms with Gasteiger partial charge in [-0.25, -0.2) is 13.1 Å². The van der Waals surface area contributed by atoms with E-state index in [1.54, 1.807) is 35.4 Å². The number of piperazine rings is 1. The first kappa shape index (κ1) is 17.9. The van der Waals surface area contributed by atoms with Crippen LogP contribution in [0.15, 0.2) is 48.4 Å². The minimum absolute atomic E-state index is 0.230. The Morgan fingerprint density at radius 2 is 2.04 bits per heavy atom. The minimum atomic E-state index is -3.48. The second kappa shape index (κ2) is 7.56. The zero-order valence-corrected chi connectivity index (χ0v) is 15.4. The van der Waals surface area contributed by atoms with Gasteiger partial charge in [0.1, 0.15) is 11.2 Å². The first-order valence-corrected chi connectivity index (χ1v) is 9.73. The van der Waals surface area contributed by atoms with Crippen molar-refractivity contribution >= 4 is 22.2 Å². The molecule has 1 aliphatic rings. The first-order chi connectivity index (χ1) is 12.0. The quantitative estimate of drug-likeness (QED) is 0.549. The molecule has 0 aromatic carbocycles. The molecule has 3 heterocycles. The summed E-state index contributed by atoms with van der Waals surface area (Å²) in [5, 5.41) is 4.29. The number of hydrogen-bond acceptors (Lipinski definition) is 6. The van der Waals surface area contributed by atoms with Crippen molar-refractivity contribution in [2.45, 2.75) is 18.1 Å². The van der Waals surface area contributed by atoms with Gasteiger partial charge in [0.2, 0.25) is 10.0 Å². The second-order valence-corrected chi connectivity index (χ2v) is 8.01. The van der Waals surface area contributed by atoms with Crippen LogP contribution in [-0.4, -0.2) is 63.1 Å². The molecule has 134 valence electrons. The monoisotopic (exact) mass is 380 g/mol. The van der Waals surface area contributed by atoms with Gasteiger partial charge in [-0.1, -0.05) is 6.08 Å². The molecule has 0 spiro atoms. The van der Waals surface area contributed by atoms with Crippen LogP contribution < -0.4 is 0 Å². The molecule has 2 aromatic heterocycles. The maximum Gasteiger partial charge on any atom is 0.244 e. The van der Waals surface area contributed by atoms with Gasteiger partial charge in [0.05, 0.1) is 6.67 Å². The van der Waals surface area contributed by atoms with Crippen molar-refractivity contribution in [3.05, 3.63) is 48.3 Å². The number of hydrogen-bond donors (Lipinski definition) is 0. The van der Waals surface area contributed by atoms with Gasteiger partial charge in [-0.15, -0.1) is 6.58 Å². The number of nitrogens with zero attached hydrogens (tertiary/aromatic N) is 6. The van der Waals surface area contributed by atoms with Gasteiger partial charge in [-0.3, -0.25) is 9.88 Å². The third-order valence-corrected chi connectivity index (χ3v) is 6.39. The Labute approximate surface area is 152 Å². The number of pyridine rings is 1. The van der Waals surface area contributed by atoms with E-state index >= 15 is 0 Å². The maximum absolute atomic E-state index is 12.6. The highest BCUT2D eigenvalue weighted by atomic mass is 32.2. The highest BCUT2D eigenvalue weighted by Crippen LogP contribution is 2.16. The number of sulfonamides is 1. The Kier molecular flexibility index (Phi) is 5.42. The lowest BCUT2D eigenvalue weighted by molar-refractivity contribution is 0.144. The Balaban J connectivity index is 1.63. The van der Waals surface area contributed by atoms with E-state index in [4.69, 9.17) is 12.2 Å². The highest BCUT2D eigenvalue weighted by Gasteiger charge is 2.28. The Morgan fingerprint density at radius 3 is 2.68 bits per heavy atom. The van der Waals surface area contributed by atoms with Gasteiger partial charge in [-0.05, 0) is 24.4 Å². The molecule has 0 saturated carbocycles. The molecule has 0 unspecified atom stereocenters. The third-order valence-electron chi connectivity index (χ3n) is 4.06.